The molecule has 0 radical (unpaired) electrons. The number of hydrogen-bond donors (Lipinski definition) is 1. The molecule has 2 aromatic rings. The second-order valence-electron chi connectivity index (χ2n) is 5.61. The molecule has 0 atom stereocenters. The summed E-state index contributed by atoms with van der Waals surface area (Å²) in [5, 5.41) is 1.16. The zero-order valence-electron chi connectivity index (χ0n) is 11.5. The number of aromatic nitrogens is 1. The zero-order chi connectivity index (χ0) is 13.2. The second-order valence-corrected chi connectivity index (χ2v) is 5.61. The maximum Gasteiger partial charge on any atom is 0.0745 e. The van der Waals surface area contributed by atoms with Crippen molar-refractivity contribution in [2.24, 2.45) is 5.92 Å². The molecule has 0 saturated heterocycles. The van der Waals surface area contributed by atoms with Crippen LogP contribution < -0.4 is 10.6 Å². The van der Waals surface area contributed by atoms with Gasteiger partial charge in [0.1, 0.15) is 0 Å². The van der Waals surface area contributed by atoms with E-state index in [0.717, 1.165) is 34.7 Å². The summed E-state index contributed by atoms with van der Waals surface area (Å²) < 4.78 is 0. The highest BCUT2D eigenvalue weighted by Crippen LogP contribution is 2.33. The SMILES string of the molecule is CN(CC1CCCC1)c1c(N)cnc2ccccc12. The number of pyridine rings is 1. The van der Waals surface area contributed by atoms with Crippen LogP contribution in [-0.2, 0) is 0 Å². The van der Waals surface area contributed by atoms with Crippen LogP contribution in [0.5, 0.6) is 0 Å². The lowest BCUT2D eigenvalue weighted by Gasteiger charge is -2.25. The second kappa shape index (κ2) is 5.08. The Morgan fingerprint density at radius 1 is 1.26 bits per heavy atom. The molecule has 0 aliphatic heterocycles. The molecule has 100 valence electrons. The Morgan fingerprint density at radius 3 is 2.79 bits per heavy atom. The summed E-state index contributed by atoms with van der Waals surface area (Å²) in [6, 6.07) is 8.23. The molecule has 1 fully saturated rings. The van der Waals surface area contributed by atoms with E-state index in [1.165, 1.54) is 25.7 Å². The first-order chi connectivity index (χ1) is 9.25. The lowest BCUT2D eigenvalue weighted by atomic mass is 10.1. The van der Waals surface area contributed by atoms with Gasteiger partial charge in [0.25, 0.3) is 0 Å². The molecule has 0 unspecified atom stereocenters. The largest absolute Gasteiger partial charge is 0.396 e. The van der Waals surface area contributed by atoms with Crippen LogP contribution >= 0.6 is 0 Å². The summed E-state index contributed by atoms with van der Waals surface area (Å²) in [6.45, 7) is 1.10. The molecule has 1 aliphatic rings. The maximum atomic E-state index is 6.16. The number of rotatable bonds is 3. The van der Waals surface area contributed by atoms with Gasteiger partial charge in [-0.15, -0.1) is 0 Å². The molecule has 1 aromatic carbocycles. The standard InChI is InChI=1S/C16H21N3/c1-19(11-12-6-2-3-7-12)16-13-8-4-5-9-15(13)18-10-14(16)17/h4-5,8-10,12H,2-3,6-7,11,17H2,1H3. The van der Waals surface area contributed by atoms with Gasteiger partial charge in [-0.05, 0) is 24.8 Å². The van der Waals surface area contributed by atoms with E-state index < -0.39 is 0 Å². The van der Waals surface area contributed by atoms with Crippen LogP contribution in [0.25, 0.3) is 10.9 Å². The topological polar surface area (TPSA) is 42.1 Å². The fraction of sp³-hybridized carbons (Fsp3) is 0.438. The van der Waals surface area contributed by atoms with Gasteiger partial charge in [0.05, 0.1) is 23.1 Å². The number of benzene rings is 1. The van der Waals surface area contributed by atoms with Gasteiger partial charge in [0.2, 0.25) is 0 Å². The molecular weight excluding hydrogens is 234 g/mol. The third kappa shape index (κ3) is 2.37. The fourth-order valence-corrected chi connectivity index (χ4v) is 3.24. The quantitative estimate of drug-likeness (QED) is 0.913. The number of para-hydroxylation sites is 1. The van der Waals surface area contributed by atoms with Crippen molar-refractivity contribution in [3.05, 3.63) is 30.5 Å². The van der Waals surface area contributed by atoms with E-state index in [4.69, 9.17) is 5.73 Å². The molecule has 1 aliphatic carbocycles. The van der Waals surface area contributed by atoms with Gasteiger partial charge in [-0.3, -0.25) is 4.98 Å². The normalized spacial score (nSPS) is 16.1. The molecule has 1 heterocycles. The van der Waals surface area contributed by atoms with Crippen molar-refractivity contribution in [2.45, 2.75) is 25.7 Å². The van der Waals surface area contributed by atoms with E-state index in [9.17, 15) is 0 Å². The predicted molar refractivity (Wildman–Crippen MR) is 81.4 cm³/mol. The number of nitrogens with zero attached hydrogens (tertiary/aromatic N) is 2. The summed E-state index contributed by atoms with van der Waals surface area (Å²) in [5.74, 6) is 0.816. The van der Waals surface area contributed by atoms with Crippen LogP contribution in [-0.4, -0.2) is 18.6 Å². The predicted octanol–water partition coefficient (Wildman–Crippen LogP) is 3.44. The Balaban J connectivity index is 1.95. The minimum atomic E-state index is 0.777. The van der Waals surface area contributed by atoms with Crippen molar-refractivity contribution >= 4 is 22.3 Å². The molecule has 0 amide bonds. The van der Waals surface area contributed by atoms with Crippen LogP contribution in [0.3, 0.4) is 0 Å². The van der Waals surface area contributed by atoms with Gasteiger partial charge in [-0.1, -0.05) is 31.0 Å². The smallest absolute Gasteiger partial charge is 0.0745 e. The van der Waals surface area contributed by atoms with E-state index in [1.807, 2.05) is 12.1 Å². The van der Waals surface area contributed by atoms with E-state index in [1.54, 1.807) is 6.20 Å². The van der Waals surface area contributed by atoms with Crippen molar-refractivity contribution in [1.82, 2.24) is 4.98 Å². The van der Waals surface area contributed by atoms with Crippen LogP contribution in [0.2, 0.25) is 0 Å². The number of nitrogens with two attached hydrogens (primary N) is 1. The zero-order valence-corrected chi connectivity index (χ0v) is 11.5. The molecule has 3 rings (SSSR count). The highest BCUT2D eigenvalue weighted by atomic mass is 15.1. The number of fused-ring (bicyclic) bond motifs is 1. The summed E-state index contributed by atoms with van der Waals surface area (Å²) in [4.78, 5) is 6.72. The Labute approximate surface area is 114 Å². The summed E-state index contributed by atoms with van der Waals surface area (Å²) in [5.41, 5.74) is 9.09. The molecule has 3 heteroatoms. The lowest BCUT2D eigenvalue weighted by Crippen LogP contribution is -2.25. The molecule has 1 aromatic heterocycles. The van der Waals surface area contributed by atoms with Gasteiger partial charge < -0.3 is 10.6 Å². The molecule has 0 bridgehead atoms. The summed E-state index contributed by atoms with van der Waals surface area (Å²) in [6.07, 6.45) is 7.25. The summed E-state index contributed by atoms with van der Waals surface area (Å²) in [7, 11) is 2.15. The third-order valence-corrected chi connectivity index (χ3v) is 4.16. The average molecular weight is 255 g/mol. The van der Waals surface area contributed by atoms with E-state index in [0.29, 0.717) is 0 Å². The highest BCUT2D eigenvalue weighted by Gasteiger charge is 2.19. The Bertz CT molecular complexity index is 573. The van der Waals surface area contributed by atoms with E-state index in [2.05, 4.69) is 29.1 Å². The van der Waals surface area contributed by atoms with Crippen molar-refractivity contribution in [1.29, 1.82) is 0 Å². The molecule has 1 saturated carbocycles. The minimum Gasteiger partial charge on any atom is -0.396 e. The Hall–Kier alpha value is -1.77. The van der Waals surface area contributed by atoms with Crippen LogP contribution in [0.15, 0.2) is 30.5 Å². The van der Waals surface area contributed by atoms with Gasteiger partial charge >= 0.3 is 0 Å². The number of anilines is 2. The van der Waals surface area contributed by atoms with Crippen LogP contribution in [0.4, 0.5) is 11.4 Å². The Morgan fingerprint density at radius 2 is 2.00 bits per heavy atom. The van der Waals surface area contributed by atoms with Crippen LogP contribution in [0, 0.1) is 5.92 Å². The summed E-state index contributed by atoms with van der Waals surface area (Å²) >= 11 is 0. The third-order valence-electron chi connectivity index (χ3n) is 4.16. The maximum absolute atomic E-state index is 6.16. The van der Waals surface area contributed by atoms with Gasteiger partial charge in [-0.25, -0.2) is 0 Å². The van der Waals surface area contributed by atoms with Crippen LogP contribution in [0.1, 0.15) is 25.7 Å². The highest BCUT2D eigenvalue weighted by molar-refractivity contribution is 5.97. The van der Waals surface area contributed by atoms with Crippen molar-refractivity contribution in [3.8, 4) is 0 Å². The first kappa shape index (κ1) is 12.3. The minimum absolute atomic E-state index is 0.777. The van der Waals surface area contributed by atoms with Crippen molar-refractivity contribution in [2.75, 3.05) is 24.2 Å². The first-order valence-electron chi connectivity index (χ1n) is 7.10. The van der Waals surface area contributed by atoms with Gasteiger partial charge in [0.15, 0.2) is 0 Å². The Kier molecular flexibility index (Phi) is 3.28. The van der Waals surface area contributed by atoms with Crippen molar-refractivity contribution in [3.63, 3.8) is 0 Å². The fourth-order valence-electron chi connectivity index (χ4n) is 3.24. The first-order valence-corrected chi connectivity index (χ1v) is 7.10. The molecular formula is C16H21N3. The number of hydrogen-bond acceptors (Lipinski definition) is 3. The molecule has 3 nitrogen and oxygen atoms in total. The molecule has 2 N–H and O–H groups in total. The monoisotopic (exact) mass is 255 g/mol. The number of nitrogen functional groups attached to an aromatic ring is 1. The van der Waals surface area contributed by atoms with Crippen molar-refractivity contribution < 1.29 is 0 Å². The molecule has 19 heavy (non-hydrogen) atoms. The van der Waals surface area contributed by atoms with Gasteiger partial charge in [-0.2, -0.15) is 0 Å². The lowest BCUT2D eigenvalue weighted by molar-refractivity contribution is 0.548. The van der Waals surface area contributed by atoms with Gasteiger partial charge in [0, 0.05) is 19.0 Å². The molecule has 0 spiro atoms. The van der Waals surface area contributed by atoms with E-state index in [-0.39, 0.29) is 0 Å². The van der Waals surface area contributed by atoms with E-state index >= 15 is 0 Å². The average Bonchev–Trinajstić information content (AvgIpc) is 2.91.